The van der Waals surface area contributed by atoms with Crippen LogP contribution in [-0.2, 0) is 9.59 Å². The molecule has 2 amide bonds. The third-order valence-electron chi connectivity index (χ3n) is 5.32. The van der Waals surface area contributed by atoms with E-state index in [1.807, 2.05) is 46.2 Å². The fourth-order valence-corrected chi connectivity index (χ4v) is 3.48. The number of amides is 2. The number of nitrogens with zero attached hydrogens (tertiary/aromatic N) is 2. The average Bonchev–Trinajstić information content (AvgIpc) is 3.56. The summed E-state index contributed by atoms with van der Waals surface area (Å²) in [6.45, 7) is 2.51. The number of methoxy groups -OCH3 is 1. The number of rotatable bonds is 4. The van der Waals surface area contributed by atoms with Crippen molar-refractivity contribution < 1.29 is 14.3 Å². The summed E-state index contributed by atoms with van der Waals surface area (Å²) in [6, 6.07) is 12.0. The first-order valence-electron chi connectivity index (χ1n) is 9.47. The Morgan fingerprint density at radius 1 is 0.963 bits per heavy atom. The van der Waals surface area contributed by atoms with Crippen LogP contribution in [0.2, 0.25) is 0 Å². The summed E-state index contributed by atoms with van der Waals surface area (Å²) in [5.74, 6) is 1.36. The van der Waals surface area contributed by atoms with Gasteiger partial charge in [-0.25, -0.2) is 0 Å². The van der Waals surface area contributed by atoms with Gasteiger partial charge in [-0.05, 0) is 53.5 Å². The van der Waals surface area contributed by atoms with E-state index < -0.39 is 0 Å². The Labute approximate surface area is 159 Å². The van der Waals surface area contributed by atoms with Gasteiger partial charge in [-0.1, -0.05) is 18.2 Å². The average molecular weight is 364 g/mol. The van der Waals surface area contributed by atoms with E-state index in [1.165, 1.54) is 0 Å². The summed E-state index contributed by atoms with van der Waals surface area (Å²) < 4.78 is 5.25. The molecule has 2 aromatic carbocycles. The molecule has 27 heavy (non-hydrogen) atoms. The lowest BCUT2D eigenvalue weighted by Gasteiger charge is -2.34. The van der Waals surface area contributed by atoms with Crippen molar-refractivity contribution in [2.75, 3.05) is 33.3 Å². The second kappa shape index (κ2) is 7.43. The van der Waals surface area contributed by atoms with Gasteiger partial charge >= 0.3 is 0 Å². The van der Waals surface area contributed by atoms with Gasteiger partial charge in [0, 0.05) is 38.2 Å². The Kier molecular flexibility index (Phi) is 4.84. The fraction of sp³-hybridized carbons (Fsp3) is 0.364. The number of hydrogen-bond donors (Lipinski definition) is 0. The molecule has 0 aromatic heterocycles. The molecule has 1 saturated heterocycles. The summed E-state index contributed by atoms with van der Waals surface area (Å²) in [7, 11) is 1.66. The molecule has 1 aliphatic carbocycles. The van der Waals surface area contributed by atoms with Crippen molar-refractivity contribution in [2.24, 2.45) is 5.92 Å². The van der Waals surface area contributed by atoms with Gasteiger partial charge in [-0.15, -0.1) is 0 Å². The first-order valence-corrected chi connectivity index (χ1v) is 9.47. The van der Waals surface area contributed by atoms with Crippen LogP contribution in [0.5, 0.6) is 5.75 Å². The molecule has 140 valence electrons. The van der Waals surface area contributed by atoms with Crippen LogP contribution in [0, 0.1) is 5.92 Å². The number of fused-ring (bicyclic) bond motifs is 1. The van der Waals surface area contributed by atoms with E-state index >= 15 is 0 Å². The number of ether oxygens (including phenoxy) is 1. The van der Waals surface area contributed by atoms with E-state index in [4.69, 9.17) is 4.74 Å². The molecule has 4 rings (SSSR count). The molecule has 2 aromatic rings. The maximum absolute atomic E-state index is 12.5. The van der Waals surface area contributed by atoms with Crippen LogP contribution in [0.3, 0.4) is 0 Å². The number of benzene rings is 2. The third kappa shape index (κ3) is 3.97. The number of carbonyl (C=O) groups excluding carboxylic acids is 2. The SMILES string of the molecule is COc1ccc2cc(C=CC(=O)N3CCN(C(=O)C4CC4)CC3)ccc2c1. The highest BCUT2D eigenvalue weighted by Gasteiger charge is 2.34. The van der Waals surface area contributed by atoms with E-state index in [2.05, 4.69) is 6.07 Å². The quantitative estimate of drug-likeness (QED) is 0.784. The molecule has 1 aliphatic heterocycles. The van der Waals surface area contributed by atoms with E-state index in [1.54, 1.807) is 13.2 Å². The van der Waals surface area contributed by atoms with Crippen molar-refractivity contribution in [3.05, 3.63) is 48.0 Å². The summed E-state index contributed by atoms with van der Waals surface area (Å²) in [5.41, 5.74) is 0.989. The van der Waals surface area contributed by atoms with E-state index in [0.717, 1.165) is 34.9 Å². The topological polar surface area (TPSA) is 49.9 Å². The van der Waals surface area contributed by atoms with Crippen LogP contribution >= 0.6 is 0 Å². The van der Waals surface area contributed by atoms with Crippen molar-refractivity contribution in [2.45, 2.75) is 12.8 Å². The molecule has 2 aliphatic rings. The molecule has 5 nitrogen and oxygen atoms in total. The standard InChI is InChI=1S/C22H24N2O3/c1-27-20-8-7-18-14-16(2-4-19(18)15-20)3-9-21(25)23-10-12-24(13-11-23)22(26)17-5-6-17/h2-4,7-9,14-15,17H,5-6,10-13H2,1H3. The minimum absolute atomic E-state index is 0.00310. The predicted octanol–water partition coefficient (Wildman–Crippen LogP) is 2.94. The Morgan fingerprint density at radius 3 is 2.33 bits per heavy atom. The lowest BCUT2D eigenvalue weighted by atomic mass is 10.1. The van der Waals surface area contributed by atoms with Gasteiger partial charge in [0.25, 0.3) is 0 Å². The van der Waals surface area contributed by atoms with Crippen molar-refractivity contribution in [1.29, 1.82) is 0 Å². The second-order valence-electron chi connectivity index (χ2n) is 7.23. The van der Waals surface area contributed by atoms with Gasteiger partial charge in [-0.2, -0.15) is 0 Å². The normalized spacial score (nSPS) is 17.5. The van der Waals surface area contributed by atoms with Crippen LogP contribution in [0.1, 0.15) is 18.4 Å². The zero-order valence-electron chi connectivity index (χ0n) is 15.6. The number of hydrogen-bond acceptors (Lipinski definition) is 3. The molecular formula is C22H24N2O3. The van der Waals surface area contributed by atoms with Crippen LogP contribution in [0.25, 0.3) is 16.8 Å². The highest BCUT2D eigenvalue weighted by Crippen LogP contribution is 2.31. The molecule has 0 spiro atoms. The van der Waals surface area contributed by atoms with Gasteiger partial charge in [0.1, 0.15) is 5.75 Å². The molecule has 2 fully saturated rings. The van der Waals surface area contributed by atoms with Gasteiger partial charge in [0.15, 0.2) is 0 Å². The van der Waals surface area contributed by atoms with Crippen molar-refractivity contribution in [3.8, 4) is 5.75 Å². The minimum atomic E-state index is 0.00310. The van der Waals surface area contributed by atoms with Gasteiger partial charge in [0.2, 0.25) is 11.8 Å². The molecule has 1 heterocycles. The lowest BCUT2D eigenvalue weighted by Crippen LogP contribution is -2.50. The Morgan fingerprint density at radius 2 is 1.63 bits per heavy atom. The minimum Gasteiger partial charge on any atom is -0.497 e. The first-order chi connectivity index (χ1) is 13.1. The number of carbonyl (C=O) groups is 2. The predicted molar refractivity (Wildman–Crippen MR) is 105 cm³/mol. The molecule has 0 radical (unpaired) electrons. The maximum atomic E-state index is 12.5. The zero-order chi connectivity index (χ0) is 18.8. The molecule has 0 atom stereocenters. The molecule has 0 unspecified atom stereocenters. The summed E-state index contributed by atoms with van der Waals surface area (Å²) in [5, 5.41) is 2.21. The zero-order valence-corrected chi connectivity index (χ0v) is 15.6. The Balaban J connectivity index is 1.37. The van der Waals surface area contributed by atoms with Crippen LogP contribution in [0.15, 0.2) is 42.5 Å². The number of piperazine rings is 1. The molecule has 5 heteroatoms. The highest BCUT2D eigenvalue weighted by molar-refractivity contribution is 5.93. The summed E-state index contributed by atoms with van der Waals surface area (Å²) in [4.78, 5) is 28.3. The van der Waals surface area contributed by atoms with E-state index in [-0.39, 0.29) is 17.7 Å². The van der Waals surface area contributed by atoms with Gasteiger partial charge in [-0.3, -0.25) is 9.59 Å². The monoisotopic (exact) mass is 364 g/mol. The van der Waals surface area contributed by atoms with Crippen molar-refractivity contribution >= 4 is 28.7 Å². The Hall–Kier alpha value is -2.82. The van der Waals surface area contributed by atoms with E-state index in [9.17, 15) is 9.59 Å². The van der Waals surface area contributed by atoms with E-state index in [0.29, 0.717) is 26.2 Å². The largest absolute Gasteiger partial charge is 0.497 e. The van der Waals surface area contributed by atoms with Gasteiger partial charge < -0.3 is 14.5 Å². The summed E-state index contributed by atoms with van der Waals surface area (Å²) >= 11 is 0. The smallest absolute Gasteiger partial charge is 0.246 e. The lowest BCUT2D eigenvalue weighted by molar-refractivity contribution is -0.138. The van der Waals surface area contributed by atoms with Gasteiger partial charge in [0.05, 0.1) is 7.11 Å². The van der Waals surface area contributed by atoms with Crippen molar-refractivity contribution in [3.63, 3.8) is 0 Å². The summed E-state index contributed by atoms with van der Waals surface area (Å²) in [6.07, 6.45) is 5.54. The molecule has 1 saturated carbocycles. The molecule has 0 bridgehead atoms. The van der Waals surface area contributed by atoms with Crippen LogP contribution < -0.4 is 4.74 Å². The second-order valence-corrected chi connectivity index (χ2v) is 7.23. The third-order valence-corrected chi connectivity index (χ3v) is 5.32. The first kappa shape index (κ1) is 17.6. The van der Waals surface area contributed by atoms with Crippen LogP contribution in [-0.4, -0.2) is 54.9 Å². The molecular weight excluding hydrogens is 340 g/mol. The van der Waals surface area contributed by atoms with Crippen molar-refractivity contribution in [1.82, 2.24) is 9.80 Å². The fourth-order valence-electron chi connectivity index (χ4n) is 3.48. The highest BCUT2D eigenvalue weighted by atomic mass is 16.5. The van der Waals surface area contributed by atoms with Crippen LogP contribution in [0.4, 0.5) is 0 Å². The molecule has 0 N–H and O–H groups in total. The Bertz CT molecular complexity index is 894. The maximum Gasteiger partial charge on any atom is 0.246 e.